The lowest BCUT2D eigenvalue weighted by Gasteiger charge is -2.08. The monoisotopic (exact) mass is 277 g/mol. The molecule has 0 saturated heterocycles. The van der Waals surface area contributed by atoms with Crippen molar-refractivity contribution in [1.29, 1.82) is 0 Å². The average Bonchev–Trinajstić information content (AvgIpc) is 2.33. The molecule has 4 nitrogen and oxygen atoms in total. The van der Waals surface area contributed by atoms with Crippen molar-refractivity contribution in [2.24, 2.45) is 0 Å². The Hall–Kier alpha value is -2.01. The number of hydrogen-bond donors (Lipinski definition) is 1. The van der Waals surface area contributed by atoms with Gasteiger partial charge in [-0.2, -0.15) is 0 Å². The van der Waals surface area contributed by atoms with Gasteiger partial charge < -0.3 is 10.5 Å². The smallest absolute Gasteiger partial charge is 0.175 e. The molecule has 100 valence electrons. The largest absolute Gasteiger partial charge is 0.457 e. The summed E-state index contributed by atoms with van der Waals surface area (Å²) < 4.78 is 28.3. The van der Waals surface area contributed by atoms with Crippen LogP contribution >= 0.6 is 0 Å². The van der Waals surface area contributed by atoms with E-state index in [4.69, 9.17) is 10.5 Å². The minimum atomic E-state index is -3.18. The van der Waals surface area contributed by atoms with Gasteiger partial charge in [-0.3, -0.25) is 0 Å². The topological polar surface area (TPSA) is 69.4 Å². The Morgan fingerprint density at radius 3 is 2.11 bits per heavy atom. The first-order valence-electron chi connectivity index (χ1n) is 5.70. The molecule has 0 unspecified atom stereocenters. The van der Waals surface area contributed by atoms with Gasteiger partial charge in [0, 0.05) is 11.9 Å². The molecular formula is C14H15NO3S. The Kier molecular flexibility index (Phi) is 3.48. The van der Waals surface area contributed by atoms with E-state index in [0.29, 0.717) is 17.2 Å². The van der Waals surface area contributed by atoms with Gasteiger partial charge in [0.1, 0.15) is 11.5 Å². The van der Waals surface area contributed by atoms with Crippen molar-refractivity contribution < 1.29 is 13.2 Å². The van der Waals surface area contributed by atoms with Crippen molar-refractivity contribution in [2.45, 2.75) is 11.8 Å². The van der Waals surface area contributed by atoms with E-state index in [1.54, 1.807) is 24.3 Å². The zero-order valence-electron chi connectivity index (χ0n) is 10.8. The van der Waals surface area contributed by atoms with Crippen molar-refractivity contribution in [3.05, 3.63) is 48.0 Å². The maximum Gasteiger partial charge on any atom is 0.175 e. The number of nitrogens with two attached hydrogens (primary N) is 1. The molecule has 0 spiro atoms. The summed E-state index contributed by atoms with van der Waals surface area (Å²) in [4.78, 5) is 0.272. The van der Waals surface area contributed by atoms with Crippen LogP contribution in [0.15, 0.2) is 47.4 Å². The highest BCUT2D eigenvalue weighted by molar-refractivity contribution is 7.90. The molecule has 2 aromatic rings. The van der Waals surface area contributed by atoms with Crippen LogP contribution in [0.25, 0.3) is 0 Å². The number of nitrogen functional groups attached to an aromatic ring is 1. The van der Waals surface area contributed by atoms with Crippen molar-refractivity contribution in [1.82, 2.24) is 0 Å². The number of hydrogen-bond acceptors (Lipinski definition) is 4. The highest BCUT2D eigenvalue weighted by Gasteiger charge is 2.07. The van der Waals surface area contributed by atoms with Crippen molar-refractivity contribution in [3.8, 4) is 11.5 Å². The van der Waals surface area contributed by atoms with E-state index in [9.17, 15) is 8.42 Å². The highest BCUT2D eigenvalue weighted by Crippen LogP contribution is 2.25. The van der Waals surface area contributed by atoms with Gasteiger partial charge in [0.05, 0.1) is 4.90 Å². The second-order valence-corrected chi connectivity index (χ2v) is 6.38. The van der Waals surface area contributed by atoms with Crippen LogP contribution in [0.2, 0.25) is 0 Å². The second kappa shape index (κ2) is 4.93. The summed E-state index contributed by atoms with van der Waals surface area (Å²) >= 11 is 0. The number of sulfone groups is 1. The minimum Gasteiger partial charge on any atom is -0.457 e. The lowest BCUT2D eigenvalue weighted by molar-refractivity contribution is 0.482. The fraction of sp³-hybridized carbons (Fsp3) is 0.143. The van der Waals surface area contributed by atoms with Gasteiger partial charge in [-0.15, -0.1) is 0 Å². The van der Waals surface area contributed by atoms with E-state index in [0.717, 1.165) is 5.56 Å². The molecule has 2 rings (SSSR count). The van der Waals surface area contributed by atoms with E-state index in [1.165, 1.54) is 18.4 Å². The van der Waals surface area contributed by atoms with E-state index < -0.39 is 9.84 Å². The zero-order valence-corrected chi connectivity index (χ0v) is 11.6. The molecule has 0 saturated carbocycles. The van der Waals surface area contributed by atoms with Crippen LogP contribution in [-0.4, -0.2) is 14.7 Å². The third-order valence-electron chi connectivity index (χ3n) is 2.73. The summed E-state index contributed by atoms with van der Waals surface area (Å²) in [5.41, 5.74) is 7.37. The van der Waals surface area contributed by atoms with Gasteiger partial charge in [-0.25, -0.2) is 8.42 Å². The third-order valence-corrected chi connectivity index (χ3v) is 3.86. The molecule has 2 aromatic carbocycles. The molecule has 0 aliphatic rings. The quantitative estimate of drug-likeness (QED) is 0.876. The minimum absolute atomic E-state index is 0.272. The summed E-state index contributed by atoms with van der Waals surface area (Å²) in [5.74, 6) is 1.25. The fourth-order valence-electron chi connectivity index (χ4n) is 1.60. The summed E-state index contributed by atoms with van der Waals surface area (Å²) in [6.45, 7) is 1.90. The standard InChI is InChI=1S/C14H15NO3S/c1-10-9-12(5-8-14(10)15)18-11-3-6-13(7-4-11)19(2,16)17/h3-9H,15H2,1-2H3. The molecule has 0 aliphatic heterocycles. The van der Waals surface area contributed by atoms with Crippen molar-refractivity contribution in [3.63, 3.8) is 0 Å². The molecule has 0 aromatic heterocycles. The van der Waals surface area contributed by atoms with Crippen LogP contribution in [0.5, 0.6) is 11.5 Å². The van der Waals surface area contributed by atoms with E-state index in [-0.39, 0.29) is 4.90 Å². The maximum atomic E-state index is 11.3. The first-order chi connectivity index (χ1) is 8.86. The van der Waals surface area contributed by atoms with Crippen LogP contribution in [-0.2, 0) is 9.84 Å². The SMILES string of the molecule is Cc1cc(Oc2ccc(S(C)(=O)=O)cc2)ccc1N. The molecule has 0 atom stereocenters. The summed E-state index contributed by atoms with van der Waals surface area (Å²) in [6, 6.07) is 11.7. The molecule has 19 heavy (non-hydrogen) atoms. The van der Waals surface area contributed by atoms with Crippen LogP contribution in [0.1, 0.15) is 5.56 Å². The van der Waals surface area contributed by atoms with Crippen LogP contribution < -0.4 is 10.5 Å². The number of aryl methyl sites for hydroxylation is 1. The molecule has 0 heterocycles. The maximum absolute atomic E-state index is 11.3. The predicted molar refractivity (Wildman–Crippen MR) is 75.2 cm³/mol. The van der Waals surface area contributed by atoms with Gasteiger partial charge >= 0.3 is 0 Å². The Balaban J connectivity index is 2.22. The van der Waals surface area contributed by atoms with Gasteiger partial charge in [0.25, 0.3) is 0 Å². The first kappa shape index (κ1) is 13.4. The lowest BCUT2D eigenvalue weighted by atomic mass is 10.2. The fourth-order valence-corrected chi connectivity index (χ4v) is 2.23. The highest BCUT2D eigenvalue weighted by atomic mass is 32.2. The predicted octanol–water partition coefficient (Wildman–Crippen LogP) is 2.77. The van der Waals surface area contributed by atoms with E-state index in [2.05, 4.69) is 0 Å². The zero-order chi connectivity index (χ0) is 14.0. The van der Waals surface area contributed by atoms with E-state index in [1.807, 2.05) is 13.0 Å². The van der Waals surface area contributed by atoms with Crippen molar-refractivity contribution >= 4 is 15.5 Å². The Bertz CT molecular complexity index is 691. The second-order valence-electron chi connectivity index (χ2n) is 4.36. The van der Waals surface area contributed by atoms with Crippen LogP contribution in [0.4, 0.5) is 5.69 Å². The molecule has 0 radical (unpaired) electrons. The molecular weight excluding hydrogens is 262 g/mol. The number of benzene rings is 2. The summed E-state index contributed by atoms with van der Waals surface area (Å²) in [7, 11) is -3.18. The van der Waals surface area contributed by atoms with Gasteiger partial charge in [0.2, 0.25) is 0 Å². The molecule has 0 fully saturated rings. The Morgan fingerprint density at radius 1 is 1.00 bits per heavy atom. The Labute approximate surface area is 112 Å². The van der Waals surface area contributed by atoms with Crippen LogP contribution in [0.3, 0.4) is 0 Å². The molecule has 0 bridgehead atoms. The number of rotatable bonds is 3. The average molecular weight is 277 g/mol. The molecule has 5 heteroatoms. The molecule has 0 aliphatic carbocycles. The normalized spacial score (nSPS) is 11.3. The lowest BCUT2D eigenvalue weighted by Crippen LogP contribution is -1.96. The molecule has 2 N–H and O–H groups in total. The van der Waals surface area contributed by atoms with Gasteiger partial charge in [-0.05, 0) is 55.0 Å². The number of anilines is 1. The Morgan fingerprint density at radius 2 is 1.58 bits per heavy atom. The summed E-state index contributed by atoms with van der Waals surface area (Å²) in [5, 5.41) is 0. The summed E-state index contributed by atoms with van der Waals surface area (Å²) in [6.07, 6.45) is 1.17. The van der Waals surface area contributed by atoms with Gasteiger partial charge in [-0.1, -0.05) is 0 Å². The molecule has 0 amide bonds. The van der Waals surface area contributed by atoms with Crippen molar-refractivity contribution in [2.75, 3.05) is 12.0 Å². The number of ether oxygens (including phenoxy) is 1. The third kappa shape index (κ3) is 3.26. The first-order valence-corrected chi connectivity index (χ1v) is 7.59. The van der Waals surface area contributed by atoms with Crippen LogP contribution in [0, 0.1) is 6.92 Å². The van der Waals surface area contributed by atoms with Gasteiger partial charge in [0.15, 0.2) is 9.84 Å². The van der Waals surface area contributed by atoms with E-state index >= 15 is 0 Å².